The highest BCUT2D eigenvalue weighted by Gasteiger charge is 2.13. The van der Waals surface area contributed by atoms with Gasteiger partial charge in [0.15, 0.2) is 5.13 Å². The number of anilines is 1. The molecule has 0 unspecified atom stereocenters. The molecule has 0 bridgehead atoms. The molecule has 0 atom stereocenters. The van der Waals surface area contributed by atoms with Crippen LogP contribution in [0.4, 0.5) is 5.13 Å². The summed E-state index contributed by atoms with van der Waals surface area (Å²) in [7, 11) is 1.62. The van der Waals surface area contributed by atoms with Crippen LogP contribution in [0.15, 0.2) is 17.5 Å². The van der Waals surface area contributed by atoms with Crippen LogP contribution < -0.4 is 10.1 Å². The molecule has 1 aromatic carbocycles. The molecular weight excluding hydrogens is 272 g/mol. The van der Waals surface area contributed by atoms with Crippen LogP contribution in [0.5, 0.6) is 5.75 Å². The van der Waals surface area contributed by atoms with Crippen LogP contribution >= 0.6 is 11.3 Å². The highest BCUT2D eigenvalue weighted by molar-refractivity contribution is 7.13. The number of methoxy groups -OCH3 is 1. The molecule has 20 heavy (non-hydrogen) atoms. The van der Waals surface area contributed by atoms with E-state index in [0.29, 0.717) is 5.13 Å². The van der Waals surface area contributed by atoms with E-state index in [1.807, 2.05) is 32.2 Å². The third kappa shape index (κ3) is 3.36. The smallest absolute Gasteiger partial charge is 0.230 e. The minimum Gasteiger partial charge on any atom is -0.496 e. The summed E-state index contributed by atoms with van der Waals surface area (Å²) in [6.07, 6.45) is 0.286. The molecule has 1 aromatic heterocycles. The molecule has 106 valence electrons. The molecule has 0 aliphatic heterocycles. The third-order valence-electron chi connectivity index (χ3n) is 3.00. The number of nitrogens with one attached hydrogen (secondary N) is 1. The molecule has 2 rings (SSSR count). The van der Waals surface area contributed by atoms with Crippen molar-refractivity contribution in [1.29, 1.82) is 0 Å². The Morgan fingerprint density at radius 1 is 1.35 bits per heavy atom. The number of carbonyl (C=O) groups is 1. The first-order valence-corrected chi connectivity index (χ1v) is 7.23. The Bertz CT molecular complexity index is 635. The summed E-state index contributed by atoms with van der Waals surface area (Å²) in [5, 5.41) is 5.36. The minimum absolute atomic E-state index is 0.0791. The minimum atomic E-state index is -0.0791. The summed E-state index contributed by atoms with van der Waals surface area (Å²) in [5.74, 6) is 0.678. The summed E-state index contributed by atoms with van der Waals surface area (Å²) >= 11 is 1.43. The van der Waals surface area contributed by atoms with Crippen molar-refractivity contribution in [2.24, 2.45) is 0 Å². The molecule has 5 heteroatoms. The van der Waals surface area contributed by atoms with Gasteiger partial charge in [-0.2, -0.15) is 0 Å². The highest BCUT2D eigenvalue weighted by atomic mass is 32.1. The van der Waals surface area contributed by atoms with Crippen LogP contribution in [0, 0.1) is 20.8 Å². The zero-order valence-electron chi connectivity index (χ0n) is 12.1. The van der Waals surface area contributed by atoms with Crippen molar-refractivity contribution in [2.45, 2.75) is 27.2 Å². The molecule has 1 heterocycles. The van der Waals surface area contributed by atoms with E-state index in [1.165, 1.54) is 11.3 Å². The summed E-state index contributed by atoms with van der Waals surface area (Å²) in [6, 6.07) is 4.00. The van der Waals surface area contributed by atoms with Crippen molar-refractivity contribution in [3.05, 3.63) is 39.9 Å². The number of aryl methyl sites for hydroxylation is 3. The SMILES string of the molecule is COc1cc(C)cc(C)c1CC(=O)Nc1nc(C)cs1. The van der Waals surface area contributed by atoms with E-state index < -0.39 is 0 Å². The van der Waals surface area contributed by atoms with Crippen LogP contribution in [-0.2, 0) is 11.2 Å². The Hall–Kier alpha value is -1.88. The van der Waals surface area contributed by atoms with Gasteiger partial charge in [0.1, 0.15) is 5.75 Å². The number of hydrogen-bond donors (Lipinski definition) is 1. The van der Waals surface area contributed by atoms with Crippen molar-refractivity contribution in [3.8, 4) is 5.75 Å². The van der Waals surface area contributed by atoms with E-state index in [2.05, 4.69) is 16.4 Å². The molecule has 0 saturated carbocycles. The Kier molecular flexibility index (Phi) is 4.39. The number of aromatic nitrogens is 1. The van der Waals surface area contributed by atoms with Crippen LogP contribution in [-0.4, -0.2) is 18.0 Å². The fourth-order valence-electron chi connectivity index (χ4n) is 2.10. The number of nitrogens with zero attached hydrogens (tertiary/aromatic N) is 1. The quantitative estimate of drug-likeness (QED) is 0.940. The largest absolute Gasteiger partial charge is 0.496 e. The molecule has 1 amide bonds. The number of ether oxygens (including phenoxy) is 1. The number of rotatable bonds is 4. The van der Waals surface area contributed by atoms with Crippen molar-refractivity contribution in [1.82, 2.24) is 4.98 Å². The number of amides is 1. The van der Waals surface area contributed by atoms with Crippen molar-refractivity contribution in [3.63, 3.8) is 0 Å². The van der Waals surface area contributed by atoms with Crippen molar-refractivity contribution < 1.29 is 9.53 Å². The molecule has 4 nitrogen and oxygen atoms in total. The lowest BCUT2D eigenvalue weighted by Gasteiger charge is -2.12. The van der Waals surface area contributed by atoms with E-state index in [1.54, 1.807) is 7.11 Å². The maximum absolute atomic E-state index is 12.1. The van der Waals surface area contributed by atoms with Gasteiger partial charge in [0, 0.05) is 10.9 Å². The highest BCUT2D eigenvalue weighted by Crippen LogP contribution is 2.25. The second-order valence-electron chi connectivity index (χ2n) is 4.78. The van der Waals surface area contributed by atoms with Gasteiger partial charge in [0.25, 0.3) is 0 Å². The maximum atomic E-state index is 12.1. The van der Waals surface area contributed by atoms with Crippen LogP contribution in [0.25, 0.3) is 0 Å². The summed E-state index contributed by atoms with van der Waals surface area (Å²) < 4.78 is 5.37. The van der Waals surface area contributed by atoms with Crippen molar-refractivity contribution in [2.75, 3.05) is 12.4 Å². The molecule has 0 aliphatic carbocycles. The number of thiazole rings is 1. The van der Waals surface area contributed by atoms with Gasteiger partial charge >= 0.3 is 0 Å². The number of benzene rings is 1. The van der Waals surface area contributed by atoms with Crippen LogP contribution in [0.1, 0.15) is 22.4 Å². The topological polar surface area (TPSA) is 51.2 Å². The monoisotopic (exact) mass is 290 g/mol. The molecular formula is C15H18N2O2S. The molecule has 0 radical (unpaired) electrons. The standard InChI is InChI=1S/C15H18N2O2S/c1-9-5-10(2)12(13(6-9)19-4)7-14(18)17-15-16-11(3)8-20-15/h5-6,8H,7H2,1-4H3,(H,16,17,18). The van der Waals surface area contributed by atoms with E-state index in [0.717, 1.165) is 28.1 Å². The van der Waals surface area contributed by atoms with Gasteiger partial charge in [-0.3, -0.25) is 4.79 Å². The van der Waals surface area contributed by atoms with Gasteiger partial charge in [-0.05, 0) is 38.0 Å². The van der Waals surface area contributed by atoms with E-state index in [4.69, 9.17) is 4.74 Å². The Morgan fingerprint density at radius 3 is 2.70 bits per heavy atom. The van der Waals surface area contributed by atoms with E-state index >= 15 is 0 Å². The van der Waals surface area contributed by atoms with Crippen molar-refractivity contribution >= 4 is 22.4 Å². The van der Waals surface area contributed by atoms with Gasteiger partial charge in [0.2, 0.25) is 5.91 Å². The fraction of sp³-hybridized carbons (Fsp3) is 0.333. The maximum Gasteiger partial charge on any atom is 0.230 e. The lowest BCUT2D eigenvalue weighted by atomic mass is 10.0. The second-order valence-corrected chi connectivity index (χ2v) is 5.64. The fourth-order valence-corrected chi connectivity index (χ4v) is 2.81. The predicted octanol–water partition coefficient (Wildman–Crippen LogP) is 3.26. The first kappa shape index (κ1) is 14.5. The van der Waals surface area contributed by atoms with Gasteiger partial charge in [-0.25, -0.2) is 4.98 Å². The van der Waals surface area contributed by atoms with Crippen LogP contribution in [0.3, 0.4) is 0 Å². The zero-order chi connectivity index (χ0) is 14.7. The average Bonchev–Trinajstić information content (AvgIpc) is 2.77. The second kappa shape index (κ2) is 6.05. The lowest BCUT2D eigenvalue weighted by molar-refractivity contribution is -0.115. The normalized spacial score (nSPS) is 10.4. The van der Waals surface area contributed by atoms with E-state index in [9.17, 15) is 4.79 Å². The Labute approximate surface area is 122 Å². The average molecular weight is 290 g/mol. The van der Waals surface area contributed by atoms with Crippen LogP contribution in [0.2, 0.25) is 0 Å². The molecule has 0 fully saturated rings. The summed E-state index contributed by atoms with van der Waals surface area (Å²) in [6.45, 7) is 5.91. The summed E-state index contributed by atoms with van der Waals surface area (Å²) in [5.41, 5.74) is 4.02. The van der Waals surface area contributed by atoms with Gasteiger partial charge in [0.05, 0.1) is 19.2 Å². The first-order chi connectivity index (χ1) is 9.49. The first-order valence-electron chi connectivity index (χ1n) is 6.35. The van der Waals surface area contributed by atoms with Gasteiger partial charge < -0.3 is 10.1 Å². The molecule has 0 spiro atoms. The molecule has 0 saturated heterocycles. The molecule has 1 N–H and O–H groups in total. The number of carbonyl (C=O) groups excluding carboxylic acids is 1. The lowest BCUT2D eigenvalue weighted by Crippen LogP contribution is -2.15. The Morgan fingerprint density at radius 2 is 2.10 bits per heavy atom. The molecule has 0 aliphatic rings. The predicted molar refractivity (Wildman–Crippen MR) is 81.7 cm³/mol. The van der Waals surface area contributed by atoms with Gasteiger partial charge in [-0.15, -0.1) is 11.3 Å². The third-order valence-corrected chi connectivity index (χ3v) is 3.87. The Balaban J connectivity index is 2.15. The summed E-state index contributed by atoms with van der Waals surface area (Å²) in [4.78, 5) is 16.3. The number of hydrogen-bond acceptors (Lipinski definition) is 4. The van der Waals surface area contributed by atoms with E-state index in [-0.39, 0.29) is 12.3 Å². The molecule has 2 aromatic rings. The zero-order valence-corrected chi connectivity index (χ0v) is 12.9. The van der Waals surface area contributed by atoms with Gasteiger partial charge in [-0.1, -0.05) is 6.07 Å².